The molecule has 29 heavy (non-hydrogen) atoms. The van der Waals surface area contributed by atoms with Gasteiger partial charge in [0.2, 0.25) is 0 Å². The highest BCUT2D eigenvalue weighted by molar-refractivity contribution is 5.89. The van der Waals surface area contributed by atoms with Crippen LogP contribution in [0.1, 0.15) is 48.9 Å². The quantitative estimate of drug-likeness (QED) is 0.335. The fourth-order valence-corrected chi connectivity index (χ4v) is 4.37. The van der Waals surface area contributed by atoms with Crippen LogP contribution in [-0.4, -0.2) is 9.97 Å². The third-order valence-corrected chi connectivity index (χ3v) is 5.97. The van der Waals surface area contributed by atoms with Crippen LogP contribution in [0.15, 0.2) is 85.2 Å². The molecule has 2 N–H and O–H groups in total. The lowest BCUT2D eigenvalue weighted by Crippen LogP contribution is -2.11. The van der Waals surface area contributed by atoms with Crippen molar-refractivity contribution in [2.24, 2.45) is 0 Å². The molecule has 0 amide bonds. The summed E-state index contributed by atoms with van der Waals surface area (Å²) in [5.41, 5.74) is 7.81. The molecule has 0 unspecified atom stereocenters. The molecule has 2 heteroatoms. The Balaban J connectivity index is 1.74. The third kappa shape index (κ3) is 3.05. The average Bonchev–Trinajstić information content (AvgIpc) is 3.34. The molecule has 0 aliphatic rings. The molecule has 0 radical (unpaired) electrons. The van der Waals surface area contributed by atoms with E-state index in [4.69, 9.17) is 0 Å². The van der Waals surface area contributed by atoms with E-state index in [0.717, 1.165) is 0 Å². The summed E-state index contributed by atoms with van der Waals surface area (Å²) in [5.74, 6) is 0.163. The summed E-state index contributed by atoms with van der Waals surface area (Å²) in [5, 5.41) is 2.56. The van der Waals surface area contributed by atoms with Gasteiger partial charge in [0.25, 0.3) is 0 Å². The van der Waals surface area contributed by atoms with Crippen molar-refractivity contribution in [1.82, 2.24) is 9.97 Å². The summed E-state index contributed by atoms with van der Waals surface area (Å²) in [6.45, 7) is 6.79. The summed E-state index contributed by atoms with van der Waals surface area (Å²) in [4.78, 5) is 6.95. The van der Waals surface area contributed by atoms with E-state index in [2.05, 4.69) is 116 Å². The predicted molar refractivity (Wildman–Crippen MR) is 123 cm³/mol. The Morgan fingerprint density at radius 1 is 0.621 bits per heavy atom. The maximum absolute atomic E-state index is 3.47. The third-order valence-electron chi connectivity index (χ3n) is 5.97. The lowest BCUT2D eigenvalue weighted by Gasteiger charge is -2.22. The van der Waals surface area contributed by atoms with Gasteiger partial charge < -0.3 is 9.97 Å². The van der Waals surface area contributed by atoms with Crippen LogP contribution in [0.2, 0.25) is 0 Å². The van der Waals surface area contributed by atoms with Gasteiger partial charge in [-0.15, -0.1) is 0 Å². The standard InChI is InChI=1S/C27H26N2/c1-27(2,3)19-14-12-18(13-15-19)26(22-16-28-24-10-6-4-8-20(22)24)23-17-29-25-11-7-5-9-21(23)25/h4-17,26,28-29H,1-3H3. The van der Waals surface area contributed by atoms with E-state index in [1.807, 2.05) is 0 Å². The molecule has 0 spiro atoms. The SMILES string of the molecule is CC(C)(C)c1ccc(C(c2c[nH]c3ccccc23)c2c[nH]c3ccccc23)cc1. The van der Waals surface area contributed by atoms with Crippen molar-refractivity contribution in [2.75, 3.05) is 0 Å². The van der Waals surface area contributed by atoms with Gasteiger partial charge in [-0.3, -0.25) is 0 Å². The first-order valence-electron chi connectivity index (χ1n) is 10.2. The van der Waals surface area contributed by atoms with Crippen molar-refractivity contribution >= 4 is 21.8 Å². The molecule has 3 aromatic carbocycles. The van der Waals surface area contributed by atoms with E-state index in [9.17, 15) is 0 Å². The van der Waals surface area contributed by atoms with Crippen LogP contribution in [0.4, 0.5) is 0 Å². The van der Waals surface area contributed by atoms with E-state index < -0.39 is 0 Å². The zero-order valence-corrected chi connectivity index (χ0v) is 17.2. The molecule has 0 fully saturated rings. The number of fused-ring (bicyclic) bond motifs is 2. The van der Waals surface area contributed by atoms with Crippen LogP contribution >= 0.6 is 0 Å². The van der Waals surface area contributed by atoms with Gasteiger partial charge in [0.05, 0.1) is 0 Å². The highest BCUT2D eigenvalue weighted by atomic mass is 14.7. The fraction of sp³-hybridized carbons (Fsp3) is 0.185. The van der Waals surface area contributed by atoms with E-state index >= 15 is 0 Å². The van der Waals surface area contributed by atoms with E-state index in [1.54, 1.807) is 0 Å². The number of nitrogens with one attached hydrogen (secondary N) is 2. The molecule has 0 aliphatic heterocycles. The lowest BCUT2D eigenvalue weighted by molar-refractivity contribution is 0.590. The molecule has 0 saturated heterocycles. The Labute approximate surface area is 171 Å². The van der Waals surface area contributed by atoms with Crippen molar-refractivity contribution in [1.29, 1.82) is 0 Å². The van der Waals surface area contributed by atoms with E-state index in [0.29, 0.717) is 0 Å². The molecule has 5 rings (SSSR count). The van der Waals surface area contributed by atoms with Crippen LogP contribution in [0.5, 0.6) is 0 Å². The number of rotatable bonds is 3. The van der Waals surface area contributed by atoms with Gasteiger partial charge >= 0.3 is 0 Å². The van der Waals surface area contributed by atoms with Crippen LogP contribution in [0, 0.1) is 0 Å². The van der Waals surface area contributed by atoms with Crippen molar-refractivity contribution in [3.63, 3.8) is 0 Å². The molecule has 0 atom stereocenters. The highest BCUT2D eigenvalue weighted by Gasteiger charge is 2.23. The molecule has 2 heterocycles. The number of aromatic nitrogens is 2. The van der Waals surface area contributed by atoms with Crippen molar-refractivity contribution in [3.8, 4) is 0 Å². The molecule has 0 aliphatic carbocycles. The number of benzene rings is 3. The van der Waals surface area contributed by atoms with Crippen LogP contribution in [0.25, 0.3) is 21.8 Å². The molecule has 0 saturated carbocycles. The van der Waals surface area contributed by atoms with Gasteiger partial charge in [-0.1, -0.05) is 81.4 Å². The van der Waals surface area contributed by atoms with Crippen LogP contribution in [-0.2, 0) is 5.41 Å². The predicted octanol–water partition coefficient (Wildman–Crippen LogP) is 7.13. The first-order valence-corrected chi connectivity index (χ1v) is 10.2. The van der Waals surface area contributed by atoms with Gasteiger partial charge in [-0.25, -0.2) is 0 Å². The van der Waals surface area contributed by atoms with Crippen LogP contribution < -0.4 is 0 Å². The molecule has 5 aromatic rings. The normalized spacial score (nSPS) is 12.3. The maximum atomic E-state index is 3.47. The Hall–Kier alpha value is -3.26. The monoisotopic (exact) mass is 378 g/mol. The first kappa shape index (κ1) is 17.8. The van der Waals surface area contributed by atoms with E-state index in [-0.39, 0.29) is 11.3 Å². The first-order chi connectivity index (χ1) is 14.0. The summed E-state index contributed by atoms with van der Waals surface area (Å²) in [7, 11) is 0. The minimum atomic E-state index is 0.148. The largest absolute Gasteiger partial charge is 0.361 e. The summed E-state index contributed by atoms with van der Waals surface area (Å²) in [6, 6.07) is 26.3. The topological polar surface area (TPSA) is 31.6 Å². The number of aromatic amines is 2. The Kier molecular flexibility index (Phi) is 4.09. The number of para-hydroxylation sites is 2. The average molecular weight is 379 g/mol. The molecular weight excluding hydrogens is 352 g/mol. The summed E-state index contributed by atoms with van der Waals surface area (Å²) < 4.78 is 0. The summed E-state index contributed by atoms with van der Waals surface area (Å²) in [6.07, 6.45) is 4.35. The van der Waals surface area contributed by atoms with Gasteiger partial charge in [-0.2, -0.15) is 0 Å². The second kappa shape index (κ2) is 6.66. The highest BCUT2D eigenvalue weighted by Crippen LogP contribution is 2.39. The minimum Gasteiger partial charge on any atom is -0.361 e. The van der Waals surface area contributed by atoms with E-state index in [1.165, 1.54) is 44.1 Å². The number of hydrogen-bond donors (Lipinski definition) is 2. The molecule has 2 nitrogen and oxygen atoms in total. The van der Waals surface area contributed by atoms with Crippen LogP contribution in [0.3, 0.4) is 0 Å². The van der Waals surface area contributed by atoms with Crippen molar-refractivity contribution in [2.45, 2.75) is 32.1 Å². The number of hydrogen-bond acceptors (Lipinski definition) is 0. The Bertz CT molecular complexity index is 1210. The molecule has 0 bridgehead atoms. The zero-order valence-electron chi connectivity index (χ0n) is 17.2. The minimum absolute atomic E-state index is 0.148. The van der Waals surface area contributed by atoms with Crippen molar-refractivity contribution < 1.29 is 0 Å². The zero-order chi connectivity index (χ0) is 20.0. The van der Waals surface area contributed by atoms with Gasteiger partial charge in [-0.05, 0) is 39.8 Å². The summed E-state index contributed by atoms with van der Waals surface area (Å²) >= 11 is 0. The van der Waals surface area contributed by atoms with Crippen molar-refractivity contribution in [3.05, 3.63) is 107 Å². The fourth-order valence-electron chi connectivity index (χ4n) is 4.37. The van der Waals surface area contributed by atoms with Gasteiger partial charge in [0.1, 0.15) is 0 Å². The maximum Gasteiger partial charge on any atom is 0.0457 e. The smallest absolute Gasteiger partial charge is 0.0457 e. The lowest BCUT2D eigenvalue weighted by atomic mass is 9.82. The molecule has 144 valence electrons. The second-order valence-corrected chi connectivity index (χ2v) is 8.88. The Morgan fingerprint density at radius 3 is 1.59 bits per heavy atom. The van der Waals surface area contributed by atoms with Gasteiger partial charge in [0.15, 0.2) is 0 Å². The second-order valence-electron chi connectivity index (χ2n) is 8.88. The number of H-pyrrole nitrogens is 2. The molecular formula is C27H26N2. The molecule has 2 aromatic heterocycles. The Morgan fingerprint density at radius 2 is 1.10 bits per heavy atom. The van der Waals surface area contributed by atoms with Gasteiger partial charge in [0, 0.05) is 40.1 Å².